The van der Waals surface area contributed by atoms with Crippen molar-refractivity contribution >= 4 is 0 Å². The molecule has 0 saturated carbocycles. The Kier molecular flexibility index (Phi) is 3.80. The second-order valence-electron chi connectivity index (χ2n) is 5.32. The first-order valence-electron chi connectivity index (χ1n) is 7.05. The van der Waals surface area contributed by atoms with Gasteiger partial charge in [0, 0.05) is 19.7 Å². The maximum atomic E-state index is 8.98. The zero-order valence-corrected chi connectivity index (χ0v) is 11.7. The van der Waals surface area contributed by atoms with Crippen LogP contribution in [0.5, 0.6) is 0 Å². The summed E-state index contributed by atoms with van der Waals surface area (Å²) in [6, 6.07) is 8.84. The first-order valence-corrected chi connectivity index (χ1v) is 7.05. The van der Waals surface area contributed by atoms with Crippen LogP contribution < -0.4 is 0 Å². The van der Waals surface area contributed by atoms with Gasteiger partial charge in [-0.2, -0.15) is 5.10 Å². The van der Waals surface area contributed by atoms with Crippen LogP contribution in [-0.2, 0) is 19.5 Å². The van der Waals surface area contributed by atoms with Crippen LogP contribution in [-0.4, -0.2) is 38.4 Å². The van der Waals surface area contributed by atoms with Gasteiger partial charge in [0.2, 0.25) is 0 Å². The highest BCUT2D eigenvalue weighted by molar-refractivity contribution is 5.30. The van der Waals surface area contributed by atoms with Crippen molar-refractivity contribution in [3.8, 4) is 0 Å². The van der Waals surface area contributed by atoms with E-state index in [0.717, 1.165) is 25.3 Å². The van der Waals surface area contributed by atoms with E-state index in [-0.39, 0.29) is 12.6 Å². The lowest BCUT2D eigenvalue weighted by Crippen LogP contribution is -2.33. The highest BCUT2D eigenvalue weighted by Crippen LogP contribution is 2.30. The fourth-order valence-electron chi connectivity index (χ4n) is 2.87. The molecule has 0 saturated heterocycles. The summed E-state index contributed by atoms with van der Waals surface area (Å²) in [4.78, 5) is 6.77. The van der Waals surface area contributed by atoms with E-state index in [1.807, 2.05) is 4.68 Å². The predicted octanol–water partition coefficient (Wildman–Crippen LogP) is 1.39. The number of likely N-dealkylation sites (N-methyl/N-ethyl adjacent to an activating group) is 1. The Bertz CT molecular complexity index is 581. The minimum absolute atomic E-state index is 0.183. The second-order valence-corrected chi connectivity index (χ2v) is 5.32. The Labute approximate surface area is 118 Å². The van der Waals surface area contributed by atoms with E-state index in [4.69, 9.17) is 5.11 Å². The topological polar surface area (TPSA) is 54.2 Å². The zero-order chi connectivity index (χ0) is 13.9. The molecule has 5 heteroatoms. The minimum Gasteiger partial charge on any atom is -0.396 e. The van der Waals surface area contributed by atoms with Gasteiger partial charge >= 0.3 is 0 Å². The minimum atomic E-state index is 0.183. The molecule has 0 radical (unpaired) electrons. The molecule has 0 amide bonds. The van der Waals surface area contributed by atoms with Crippen LogP contribution in [0.2, 0.25) is 0 Å². The highest BCUT2D eigenvalue weighted by atomic mass is 16.3. The Morgan fingerprint density at radius 2 is 2.10 bits per heavy atom. The lowest BCUT2D eigenvalue weighted by Gasteiger charge is -2.33. The predicted molar refractivity (Wildman–Crippen MR) is 76.1 cm³/mol. The van der Waals surface area contributed by atoms with Gasteiger partial charge in [0.25, 0.3) is 0 Å². The second kappa shape index (κ2) is 5.73. The van der Waals surface area contributed by atoms with E-state index < -0.39 is 0 Å². The third kappa shape index (κ3) is 2.46. The number of aryl methyl sites for hydroxylation is 1. The number of aliphatic hydroxyl groups excluding tert-OH is 1. The molecule has 1 N–H and O–H groups in total. The molecule has 1 aliphatic rings. The molecule has 1 atom stereocenters. The third-order valence-corrected chi connectivity index (χ3v) is 3.96. The van der Waals surface area contributed by atoms with E-state index in [1.165, 1.54) is 11.1 Å². The maximum absolute atomic E-state index is 8.98. The summed E-state index contributed by atoms with van der Waals surface area (Å²) in [6.45, 7) is 1.84. The molecule has 3 rings (SSSR count). The van der Waals surface area contributed by atoms with Crippen LogP contribution in [0.25, 0.3) is 0 Å². The smallest absolute Gasteiger partial charge is 0.144 e. The van der Waals surface area contributed by atoms with E-state index in [0.29, 0.717) is 6.42 Å². The average Bonchev–Trinajstić information content (AvgIpc) is 2.92. The normalized spacial score (nSPS) is 19.0. The molecule has 0 bridgehead atoms. The largest absolute Gasteiger partial charge is 0.396 e. The molecule has 2 heterocycles. The third-order valence-electron chi connectivity index (χ3n) is 3.96. The first kappa shape index (κ1) is 13.3. The average molecular weight is 272 g/mol. The molecule has 106 valence electrons. The molecule has 1 aliphatic heterocycles. The Balaban J connectivity index is 1.86. The van der Waals surface area contributed by atoms with Gasteiger partial charge in [-0.05, 0) is 31.0 Å². The number of aromatic nitrogens is 3. The van der Waals surface area contributed by atoms with Crippen molar-refractivity contribution in [1.82, 2.24) is 19.7 Å². The molecule has 0 unspecified atom stereocenters. The van der Waals surface area contributed by atoms with E-state index in [1.54, 1.807) is 6.33 Å². The summed E-state index contributed by atoms with van der Waals surface area (Å²) in [5, 5.41) is 13.3. The van der Waals surface area contributed by atoms with Crippen LogP contribution in [0.1, 0.15) is 29.4 Å². The molecule has 0 fully saturated rings. The van der Waals surface area contributed by atoms with E-state index >= 15 is 0 Å². The van der Waals surface area contributed by atoms with Crippen molar-refractivity contribution in [3.63, 3.8) is 0 Å². The van der Waals surface area contributed by atoms with Crippen molar-refractivity contribution in [2.24, 2.45) is 0 Å². The van der Waals surface area contributed by atoms with E-state index in [9.17, 15) is 0 Å². The van der Waals surface area contributed by atoms with Crippen LogP contribution in [0.3, 0.4) is 0 Å². The Hall–Kier alpha value is -1.72. The SMILES string of the molecule is CN1Cc2ccccc2C[C@H]1c1ncnn1CCCO. The summed E-state index contributed by atoms with van der Waals surface area (Å²) in [5.74, 6) is 0.996. The lowest BCUT2D eigenvalue weighted by atomic mass is 9.94. The van der Waals surface area contributed by atoms with Crippen molar-refractivity contribution in [1.29, 1.82) is 0 Å². The molecular formula is C15H20N4O. The Morgan fingerprint density at radius 3 is 2.90 bits per heavy atom. The number of fused-ring (bicyclic) bond motifs is 1. The molecule has 0 spiro atoms. The summed E-state index contributed by atoms with van der Waals surface area (Å²) in [5.41, 5.74) is 2.79. The molecule has 2 aromatic rings. The van der Waals surface area contributed by atoms with Gasteiger partial charge < -0.3 is 5.11 Å². The summed E-state index contributed by atoms with van der Waals surface area (Å²) < 4.78 is 1.92. The maximum Gasteiger partial charge on any atom is 0.144 e. The number of benzene rings is 1. The van der Waals surface area contributed by atoms with E-state index in [2.05, 4.69) is 46.3 Å². The number of nitrogens with zero attached hydrogens (tertiary/aromatic N) is 4. The van der Waals surface area contributed by atoms with Gasteiger partial charge in [-0.1, -0.05) is 24.3 Å². The quantitative estimate of drug-likeness (QED) is 0.914. The highest BCUT2D eigenvalue weighted by Gasteiger charge is 2.27. The molecular weight excluding hydrogens is 252 g/mol. The molecule has 20 heavy (non-hydrogen) atoms. The molecule has 1 aromatic carbocycles. The van der Waals surface area contributed by atoms with Gasteiger partial charge in [0.15, 0.2) is 0 Å². The fraction of sp³-hybridized carbons (Fsp3) is 0.467. The van der Waals surface area contributed by atoms with Gasteiger partial charge in [-0.3, -0.25) is 4.90 Å². The van der Waals surface area contributed by atoms with Gasteiger partial charge in [-0.15, -0.1) is 0 Å². The molecule has 0 aliphatic carbocycles. The van der Waals surface area contributed by atoms with Gasteiger partial charge in [0.05, 0.1) is 6.04 Å². The standard InChI is InChI=1S/C15H20N4O/c1-18-10-13-6-3-2-5-12(13)9-14(18)15-16-11-17-19(15)7-4-8-20/h2-3,5-6,11,14,20H,4,7-10H2,1H3/t14-/m0/s1. The number of rotatable bonds is 4. The summed E-state index contributed by atoms with van der Waals surface area (Å²) >= 11 is 0. The number of hydrogen-bond acceptors (Lipinski definition) is 4. The fourth-order valence-corrected chi connectivity index (χ4v) is 2.87. The zero-order valence-electron chi connectivity index (χ0n) is 11.7. The molecule has 5 nitrogen and oxygen atoms in total. The number of hydrogen-bond donors (Lipinski definition) is 1. The van der Waals surface area contributed by atoms with Crippen LogP contribution >= 0.6 is 0 Å². The van der Waals surface area contributed by atoms with Crippen LogP contribution in [0, 0.1) is 0 Å². The Morgan fingerprint density at radius 1 is 1.30 bits per heavy atom. The number of aliphatic hydroxyl groups is 1. The summed E-state index contributed by atoms with van der Waals surface area (Å²) in [7, 11) is 2.13. The molecule has 1 aromatic heterocycles. The van der Waals surface area contributed by atoms with Crippen molar-refractivity contribution in [2.75, 3.05) is 13.7 Å². The lowest BCUT2D eigenvalue weighted by molar-refractivity contribution is 0.200. The van der Waals surface area contributed by atoms with Crippen molar-refractivity contribution < 1.29 is 5.11 Å². The van der Waals surface area contributed by atoms with Gasteiger partial charge in [-0.25, -0.2) is 9.67 Å². The van der Waals surface area contributed by atoms with Crippen molar-refractivity contribution in [3.05, 3.63) is 47.5 Å². The van der Waals surface area contributed by atoms with Crippen LogP contribution in [0.15, 0.2) is 30.6 Å². The first-order chi connectivity index (χ1) is 9.79. The van der Waals surface area contributed by atoms with Crippen LogP contribution in [0.4, 0.5) is 0 Å². The summed E-state index contributed by atoms with van der Waals surface area (Å²) in [6.07, 6.45) is 3.29. The van der Waals surface area contributed by atoms with Gasteiger partial charge in [0.1, 0.15) is 12.2 Å². The monoisotopic (exact) mass is 272 g/mol. The van der Waals surface area contributed by atoms with Crippen molar-refractivity contribution in [2.45, 2.75) is 32.0 Å².